The maximum atomic E-state index is 12.2. The number of hydrogen-bond donors (Lipinski definition) is 2. The van der Waals surface area contributed by atoms with Crippen LogP contribution in [0.4, 0.5) is 0 Å². The minimum Gasteiger partial charge on any atom is -0.389 e. The quantitative estimate of drug-likeness (QED) is 0.833. The first-order valence-corrected chi connectivity index (χ1v) is 7.94. The molecule has 0 fully saturated rings. The van der Waals surface area contributed by atoms with E-state index < -0.39 is 0 Å². The Bertz CT molecular complexity index is 664. The SMILES string of the molecule is Cc1ccc(CC(C)NC(=O)c2cccc(C(N)=S)c2)s1. The van der Waals surface area contributed by atoms with E-state index in [4.69, 9.17) is 18.0 Å². The van der Waals surface area contributed by atoms with Crippen molar-refractivity contribution in [1.82, 2.24) is 5.32 Å². The number of rotatable bonds is 5. The van der Waals surface area contributed by atoms with E-state index in [0.29, 0.717) is 16.1 Å². The normalized spacial score (nSPS) is 11.9. The number of carbonyl (C=O) groups is 1. The highest BCUT2D eigenvalue weighted by molar-refractivity contribution is 7.80. The van der Waals surface area contributed by atoms with Crippen LogP contribution in [0.2, 0.25) is 0 Å². The van der Waals surface area contributed by atoms with Gasteiger partial charge in [-0.15, -0.1) is 11.3 Å². The van der Waals surface area contributed by atoms with Crippen LogP contribution in [0.1, 0.15) is 32.6 Å². The van der Waals surface area contributed by atoms with E-state index in [9.17, 15) is 4.79 Å². The number of nitrogens with one attached hydrogen (secondary N) is 1. The smallest absolute Gasteiger partial charge is 0.251 e. The number of nitrogens with two attached hydrogens (primary N) is 1. The van der Waals surface area contributed by atoms with E-state index in [1.807, 2.05) is 6.92 Å². The van der Waals surface area contributed by atoms with Gasteiger partial charge in [0.05, 0.1) is 0 Å². The molecule has 3 N–H and O–H groups in total. The molecule has 5 heteroatoms. The Morgan fingerprint density at radius 2 is 2.05 bits per heavy atom. The highest BCUT2D eigenvalue weighted by atomic mass is 32.1. The minimum atomic E-state index is -0.103. The molecule has 0 saturated heterocycles. The summed E-state index contributed by atoms with van der Waals surface area (Å²) in [7, 11) is 0. The summed E-state index contributed by atoms with van der Waals surface area (Å²) in [6.45, 7) is 4.09. The number of aryl methyl sites for hydroxylation is 1. The van der Waals surface area contributed by atoms with Gasteiger partial charge < -0.3 is 11.1 Å². The molecule has 2 rings (SSSR count). The lowest BCUT2D eigenvalue weighted by Crippen LogP contribution is -2.34. The van der Waals surface area contributed by atoms with Crippen LogP contribution in [-0.2, 0) is 6.42 Å². The predicted octanol–water partition coefficient (Wildman–Crippen LogP) is 3.05. The molecular weight excluding hydrogens is 300 g/mol. The minimum absolute atomic E-state index is 0.0732. The number of thiophene rings is 1. The Hall–Kier alpha value is -1.72. The van der Waals surface area contributed by atoms with Gasteiger partial charge in [0.15, 0.2) is 0 Å². The first kappa shape index (κ1) is 15.7. The van der Waals surface area contributed by atoms with E-state index in [2.05, 4.69) is 24.4 Å². The number of thiocarbonyl (C=S) groups is 1. The van der Waals surface area contributed by atoms with Gasteiger partial charge in [0.1, 0.15) is 4.99 Å². The second-order valence-electron chi connectivity index (χ2n) is 5.04. The average molecular weight is 318 g/mol. The lowest BCUT2D eigenvalue weighted by molar-refractivity contribution is 0.0940. The van der Waals surface area contributed by atoms with E-state index >= 15 is 0 Å². The van der Waals surface area contributed by atoms with Crippen LogP contribution >= 0.6 is 23.6 Å². The zero-order chi connectivity index (χ0) is 15.4. The molecule has 0 aliphatic heterocycles. The van der Waals surface area contributed by atoms with Crippen LogP contribution in [0.3, 0.4) is 0 Å². The Balaban J connectivity index is 2.00. The molecule has 0 bridgehead atoms. The first-order chi connectivity index (χ1) is 9.95. The van der Waals surface area contributed by atoms with Gasteiger partial charge in [0, 0.05) is 33.3 Å². The second-order valence-corrected chi connectivity index (χ2v) is 6.85. The summed E-state index contributed by atoms with van der Waals surface area (Å²) in [4.78, 5) is 15.1. The standard InChI is InChI=1S/C16H18N2OS2/c1-10(8-14-7-6-11(2)21-14)18-16(19)13-5-3-4-12(9-13)15(17)20/h3-7,9-10H,8H2,1-2H3,(H2,17,20)(H,18,19). The van der Waals surface area contributed by atoms with Crippen LogP contribution in [0.5, 0.6) is 0 Å². The summed E-state index contributed by atoms with van der Waals surface area (Å²) >= 11 is 6.69. The molecule has 0 radical (unpaired) electrons. The van der Waals surface area contributed by atoms with Crippen molar-refractivity contribution in [3.8, 4) is 0 Å². The van der Waals surface area contributed by atoms with Crippen LogP contribution in [0.15, 0.2) is 36.4 Å². The van der Waals surface area contributed by atoms with Crippen LogP contribution in [0, 0.1) is 6.92 Å². The largest absolute Gasteiger partial charge is 0.389 e. The van der Waals surface area contributed by atoms with Crippen molar-refractivity contribution in [2.75, 3.05) is 0 Å². The molecule has 0 aliphatic carbocycles. The molecule has 1 amide bonds. The van der Waals surface area contributed by atoms with Gasteiger partial charge in [-0.05, 0) is 38.1 Å². The summed E-state index contributed by atoms with van der Waals surface area (Å²) in [5.74, 6) is -0.103. The summed E-state index contributed by atoms with van der Waals surface area (Å²) in [5.41, 5.74) is 6.88. The maximum Gasteiger partial charge on any atom is 0.251 e. The van der Waals surface area contributed by atoms with Crippen molar-refractivity contribution >= 4 is 34.5 Å². The van der Waals surface area contributed by atoms with Crippen molar-refractivity contribution in [2.24, 2.45) is 5.73 Å². The lowest BCUT2D eigenvalue weighted by atomic mass is 10.1. The molecule has 0 saturated carbocycles. The van der Waals surface area contributed by atoms with Crippen molar-refractivity contribution in [1.29, 1.82) is 0 Å². The van der Waals surface area contributed by atoms with Gasteiger partial charge in [-0.25, -0.2) is 0 Å². The Morgan fingerprint density at radius 1 is 1.33 bits per heavy atom. The van der Waals surface area contributed by atoms with Crippen molar-refractivity contribution in [3.63, 3.8) is 0 Å². The number of amides is 1. The van der Waals surface area contributed by atoms with Gasteiger partial charge >= 0.3 is 0 Å². The molecule has 2 aromatic rings. The summed E-state index contributed by atoms with van der Waals surface area (Å²) in [6, 6.07) is 11.4. The van der Waals surface area contributed by atoms with Crippen molar-refractivity contribution < 1.29 is 4.79 Å². The number of carbonyl (C=O) groups excluding carboxylic acids is 1. The third-order valence-corrected chi connectivity index (χ3v) is 4.35. The molecule has 21 heavy (non-hydrogen) atoms. The summed E-state index contributed by atoms with van der Waals surface area (Å²) in [6.07, 6.45) is 0.833. The van der Waals surface area contributed by atoms with E-state index in [-0.39, 0.29) is 11.9 Å². The average Bonchev–Trinajstić information content (AvgIpc) is 2.83. The lowest BCUT2D eigenvalue weighted by Gasteiger charge is -2.13. The molecule has 1 atom stereocenters. The first-order valence-electron chi connectivity index (χ1n) is 6.72. The summed E-state index contributed by atoms with van der Waals surface area (Å²) in [5, 5.41) is 3.00. The van der Waals surface area contributed by atoms with Crippen molar-refractivity contribution in [2.45, 2.75) is 26.3 Å². The summed E-state index contributed by atoms with van der Waals surface area (Å²) < 4.78 is 0. The maximum absolute atomic E-state index is 12.2. The van der Waals surface area contributed by atoms with E-state index in [1.165, 1.54) is 9.75 Å². The molecule has 1 unspecified atom stereocenters. The zero-order valence-corrected chi connectivity index (χ0v) is 13.7. The fourth-order valence-corrected chi connectivity index (χ4v) is 3.21. The number of benzene rings is 1. The predicted molar refractivity (Wildman–Crippen MR) is 92.0 cm³/mol. The van der Waals surface area contributed by atoms with E-state index in [1.54, 1.807) is 35.6 Å². The van der Waals surface area contributed by atoms with Gasteiger partial charge in [-0.2, -0.15) is 0 Å². The van der Waals surface area contributed by atoms with Crippen LogP contribution in [0.25, 0.3) is 0 Å². The number of hydrogen-bond acceptors (Lipinski definition) is 3. The molecule has 0 spiro atoms. The Labute approximate surface area is 134 Å². The third kappa shape index (κ3) is 4.37. The monoisotopic (exact) mass is 318 g/mol. The topological polar surface area (TPSA) is 55.1 Å². The molecular formula is C16H18N2OS2. The van der Waals surface area contributed by atoms with Crippen LogP contribution in [-0.4, -0.2) is 16.9 Å². The fourth-order valence-electron chi connectivity index (χ4n) is 2.07. The van der Waals surface area contributed by atoms with Gasteiger partial charge in [-0.1, -0.05) is 24.4 Å². The highest BCUT2D eigenvalue weighted by Gasteiger charge is 2.12. The third-order valence-electron chi connectivity index (χ3n) is 3.09. The second kappa shape index (κ2) is 6.83. The van der Waals surface area contributed by atoms with Crippen molar-refractivity contribution in [3.05, 3.63) is 57.3 Å². The Morgan fingerprint density at radius 3 is 2.67 bits per heavy atom. The molecule has 1 aromatic carbocycles. The Kier molecular flexibility index (Phi) is 5.09. The molecule has 3 nitrogen and oxygen atoms in total. The zero-order valence-electron chi connectivity index (χ0n) is 12.1. The van der Waals surface area contributed by atoms with E-state index in [0.717, 1.165) is 6.42 Å². The van der Waals surface area contributed by atoms with Gasteiger partial charge in [0.25, 0.3) is 5.91 Å². The molecule has 110 valence electrons. The fraction of sp³-hybridized carbons (Fsp3) is 0.250. The molecule has 1 aromatic heterocycles. The van der Waals surface area contributed by atoms with Gasteiger partial charge in [-0.3, -0.25) is 4.79 Å². The van der Waals surface area contributed by atoms with Crippen LogP contribution < -0.4 is 11.1 Å². The molecule has 1 heterocycles. The molecule has 0 aliphatic rings. The highest BCUT2D eigenvalue weighted by Crippen LogP contribution is 2.17. The van der Waals surface area contributed by atoms with Gasteiger partial charge in [0.2, 0.25) is 0 Å².